The van der Waals surface area contributed by atoms with Crippen molar-refractivity contribution >= 4 is 0 Å². The van der Waals surface area contributed by atoms with E-state index >= 15 is 0 Å². The maximum absolute atomic E-state index is 13.0. The molecule has 0 aromatic heterocycles. The maximum Gasteiger partial charge on any atom is 0.159 e. The number of hydrogen-bond donors (Lipinski definition) is 1. The Balaban J connectivity index is 1.67. The Morgan fingerprint density at radius 2 is 1.95 bits per heavy atom. The summed E-state index contributed by atoms with van der Waals surface area (Å²) in [6, 6.07) is 4.77. The quantitative estimate of drug-likeness (QED) is 0.798. The summed E-state index contributed by atoms with van der Waals surface area (Å²) in [7, 11) is 2.16. The van der Waals surface area contributed by atoms with Gasteiger partial charge in [-0.05, 0) is 37.6 Å². The van der Waals surface area contributed by atoms with E-state index in [-0.39, 0.29) is 0 Å². The summed E-state index contributed by atoms with van der Waals surface area (Å²) >= 11 is 0. The van der Waals surface area contributed by atoms with Crippen LogP contribution in [0, 0.1) is 11.6 Å². The van der Waals surface area contributed by atoms with Crippen LogP contribution in [0.5, 0.6) is 0 Å². The van der Waals surface area contributed by atoms with Crippen LogP contribution in [0.2, 0.25) is 0 Å². The van der Waals surface area contributed by atoms with E-state index in [0.717, 1.165) is 24.7 Å². The van der Waals surface area contributed by atoms with Gasteiger partial charge >= 0.3 is 0 Å². The van der Waals surface area contributed by atoms with Crippen LogP contribution >= 0.6 is 0 Å². The number of likely N-dealkylation sites (N-methyl/N-ethyl adjacent to an activating group) is 1. The van der Waals surface area contributed by atoms with Gasteiger partial charge in [-0.25, -0.2) is 8.78 Å². The van der Waals surface area contributed by atoms with Crippen molar-refractivity contribution in [3.8, 4) is 0 Å². The second kappa shape index (κ2) is 6.96. The largest absolute Gasteiger partial charge is 0.311 e. The molecule has 1 aromatic carbocycles. The highest BCUT2D eigenvalue weighted by Crippen LogP contribution is 2.21. The fourth-order valence-corrected chi connectivity index (χ4v) is 2.67. The predicted molar refractivity (Wildman–Crippen MR) is 73.0 cm³/mol. The molecule has 0 spiro atoms. The number of benzene rings is 1. The molecule has 0 atom stereocenters. The SMILES string of the molecule is CN(CCNCc1ccc(F)c(F)c1)C1CCCC1. The van der Waals surface area contributed by atoms with Gasteiger partial charge in [0.05, 0.1) is 0 Å². The Kier molecular flexibility index (Phi) is 5.28. The smallest absolute Gasteiger partial charge is 0.159 e. The van der Waals surface area contributed by atoms with E-state index in [1.807, 2.05) is 0 Å². The predicted octanol–water partition coefficient (Wildman–Crippen LogP) is 2.93. The van der Waals surface area contributed by atoms with Crippen LogP contribution in [-0.4, -0.2) is 31.1 Å². The molecule has 2 rings (SSSR count). The molecule has 0 saturated heterocycles. The summed E-state index contributed by atoms with van der Waals surface area (Å²) in [4.78, 5) is 2.39. The van der Waals surface area contributed by atoms with E-state index in [9.17, 15) is 8.78 Å². The monoisotopic (exact) mass is 268 g/mol. The summed E-state index contributed by atoms with van der Waals surface area (Å²) in [5.74, 6) is -1.56. The van der Waals surface area contributed by atoms with Crippen molar-refractivity contribution in [1.29, 1.82) is 0 Å². The molecule has 2 nitrogen and oxygen atoms in total. The second-order valence-electron chi connectivity index (χ2n) is 5.34. The van der Waals surface area contributed by atoms with Gasteiger partial charge in [0, 0.05) is 25.7 Å². The molecule has 1 saturated carbocycles. The Hall–Kier alpha value is -1.00. The molecule has 1 N–H and O–H groups in total. The van der Waals surface area contributed by atoms with Crippen LogP contribution in [0.1, 0.15) is 31.2 Å². The molecule has 1 aromatic rings. The first-order valence-electron chi connectivity index (χ1n) is 7.01. The molecule has 1 aliphatic carbocycles. The van der Waals surface area contributed by atoms with E-state index in [2.05, 4.69) is 17.3 Å². The van der Waals surface area contributed by atoms with Gasteiger partial charge < -0.3 is 10.2 Å². The summed E-state index contributed by atoms with van der Waals surface area (Å²) in [6.07, 6.45) is 5.30. The molecule has 0 aliphatic heterocycles. The topological polar surface area (TPSA) is 15.3 Å². The van der Waals surface area contributed by atoms with E-state index in [1.165, 1.54) is 37.8 Å². The van der Waals surface area contributed by atoms with E-state index in [1.54, 1.807) is 6.07 Å². The normalized spacial score (nSPS) is 16.4. The van der Waals surface area contributed by atoms with Gasteiger partial charge in [0.1, 0.15) is 0 Å². The van der Waals surface area contributed by atoms with Gasteiger partial charge in [0.25, 0.3) is 0 Å². The lowest BCUT2D eigenvalue weighted by Gasteiger charge is -2.23. The molecule has 106 valence electrons. The zero-order valence-electron chi connectivity index (χ0n) is 11.5. The summed E-state index contributed by atoms with van der Waals surface area (Å²) in [6.45, 7) is 2.44. The Bertz CT molecular complexity index is 403. The minimum atomic E-state index is -0.787. The first-order chi connectivity index (χ1) is 9.16. The van der Waals surface area contributed by atoms with Gasteiger partial charge in [0.2, 0.25) is 0 Å². The average molecular weight is 268 g/mol. The molecule has 0 amide bonds. The highest BCUT2D eigenvalue weighted by Gasteiger charge is 2.18. The standard InChI is InChI=1S/C15H22F2N2/c1-19(13-4-2-3-5-13)9-8-18-11-12-6-7-14(16)15(17)10-12/h6-7,10,13,18H,2-5,8-9,11H2,1H3. The fourth-order valence-electron chi connectivity index (χ4n) is 2.67. The fraction of sp³-hybridized carbons (Fsp3) is 0.600. The molecule has 1 fully saturated rings. The number of hydrogen-bond acceptors (Lipinski definition) is 2. The average Bonchev–Trinajstić information content (AvgIpc) is 2.92. The number of rotatable bonds is 6. The Morgan fingerprint density at radius 3 is 2.63 bits per heavy atom. The van der Waals surface area contributed by atoms with Crippen LogP contribution in [0.25, 0.3) is 0 Å². The Labute approximate surface area is 113 Å². The van der Waals surface area contributed by atoms with Crippen LogP contribution < -0.4 is 5.32 Å². The van der Waals surface area contributed by atoms with Crippen molar-refractivity contribution < 1.29 is 8.78 Å². The zero-order valence-corrected chi connectivity index (χ0v) is 11.5. The van der Waals surface area contributed by atoms with Crippen molar-refractivity contribution in [2.24, 2.45) is 0 Å². The zero-order chi connectivity index (χ0) is 13.7. The highest BCUT2D eigenvalue weighted by atomic mass is 19.2. The third-order valence-corrected chi connectivity index (χ3v) is 3.90. The molecule has 0 unspecified atom stereocenters. The third kappa shape index (κ3) is 4.25. The van der Waals surface area contributed by atoms with Crippen LogP contribution in [0.3, 0.4) is 0 Å². The molecule has 1 aliphatic rings. The van der Waals surface area contributed by atoms with Gasteiger partial charge in [-0.2, -0.15) is 0 Å². The maximum atomic E-state index is 13.0. The van der Waals surface area contributed by atoms with Crippen molar-refractivity contribution in [2.75, 3.05) is 20.1 Å². The van der Waals surface area contributed by atoms with E-state index < -0.39 is 11.6 Å². The summed E-state index contributed by atoms with van der Waals surface area (Å²) < 4.78 is 25.8. The van der Waals surface area contributed by atoms with Crippen molar-refractivity contribution in [2.45, 2.75) is 38.3 Å². The molecule has 0 bridgehead atoms. The molecular formula is C15H22F2N2. The van der Waals surface area contributed by atoms with Crippen molar-refractivity contribution in [3.05, 3.63) is 35.4 Å². The van der Waals surface area contributed by atoms with Gasteiger partial charge in [-0.3, -0.25) is 0 Å². The summed E-state index contributed by atoms with van der Waals surface area (Å²) in [5, 5.41) is 3.27. The molecular weight excluding hydrogens is 246 g/mol. The second-order valence-corrected chi connectivity index (χ2v) is 5.34. The molecule has 19 heavy (non-hydrogen) atoms. The van der Waals surface area contributed by atoms with Crippen LogP contribution in [0.15, 0.2) is 18.2 Å². The molecule has 0 heterocycles. The number of nitrogens with zero attached hydrogens (tertiary/aromatic N) is 1. The van der Waals surface area contributed by atoms with Crippen LogP contribution in [0.4, 0.5) is 8.78 Å². The van der Waals surface area contributed by atoms with Gasteiger partial charge in [-0.1, -0.05) is 18.9 Å². The van der Waals surface area contributed by atoms with E-state index in [0.29, 0.717) is 6.54 Å². The lowest BCUT2D eigenvalue weighted by atomic mass is 10.2. The van der Waals surface area contributed by atoms with Gasteiger partial charge in [-0.15, -0.1) is 0 Å². The number of nitrogens with one attached hydrogen (secondary N) is 1. The first kappa shape index (κ1) is 14.4. The van der Waals surface area contributed by atoms with Crippen molar-refractivity contribution in [3.63, 3.8) is 0 Å². The van der Waals surface area contributed by atoms with Crippen LogP contribution in [-0.2, 0) is 6.54 Å². The minimum Gasteiger partial charge on any atom is -0.311 e. The Morgan fingerprint density at radius 1 is 1.21 bits per heavy atom. The minimum absolute atomic E-state index is 0.579. The van der Waals surface area contributed by atoms with E-state index in [4.69, 9.17) is 0 Å². The van der Waals surface area contributed by atoms with Gasteiger partial charge in [0.15, 0.2) is 11.6 Å². The lowest BCUT2D eigenvalue weighted by Crippen LogP contribution is -2.35. The molecule has 4 heteroatoms. The molecule has 0 radical (unpaired) electrons. The summed E-state index contributed by atoms with van der Waals surface area (Å²) in [5.41, 5.74) is 0.780. The first-order valence-corrected chi connectivity index (χ1v) is 7.01. The van der Waals surface area contributed by atoms with Crippen molar-refractivity contribution in [1.82, 2.24) is 10.2 Å². The lowest BCUT2D eigenvalue weighted by molar-refractivity contribution is 0.245. The third-order valence-electron chi connectivity index (χ3n) is 3.90. The highest BCUT2D eigenvalue weighted by molar-refractivity contribution is 5.17. The number of halogens is 2.